The summed E-state index contributed by atoms with van der Waals surface area (Å²) >= 11 is 0. The monoisotopic (exact) mass is 181 g/mol. The third-order valence-electron chi connectivity index (χ3n) is 1.77. The highest BCUT2D eigenvalue weighted by atomic mass is 16.2. The second-order valence-electron chi connectivity index (χ2n) is 3.17. The van der Waals surface area contributed by atoms with Gasteiger partial charge in [0, 0.05) is 6.54 Å². The molecular formula is C8H11N3O2. The van der Waals surface area contributed by atoms with Crippen LogP contribution in [-0.2, 0) is 9.59 Å². The molecule has 2 amide bonds. The quantitative estimate of drug-likeness (QED) is 0.560. The molecule has 13 heavy (non-hydrogen) atoms. The summed E-state index contributed by atoms with van der Waals surface area (Å²) in [6.45, 7) is 2.64. The van der Waals surface area contributed by atoms with Crippen LogP contribution in [0.4, 0.5) is 0 Å². The molecule has 1 unspecified atom stereocenters. The molecule has 0 radical (unpaired) electrons. The molecule has 1 N–H and O–H groups in total. The van der Waals surface area contributed by atoms with E-state index >= 15 is 0 Å². The second-order valence-corrected chi connectivity index (χ2v) is 3.17. The normalized spacial score (nSPS) is 20.6. The van der Waals surface area contributed by atoms with E-state index in [0.717, 1.165) is 0 Å². The molecule has 0 bridgehead atoms. The van der Waals surface area contributed by atoms with Crippen LogP contribution in [-0.4, -0.2) is 36.3 Å². The molecule has 1 saturated heterocycles. The van der Waals surface area contributed by atoms with Gasteiger partial charge in [0.1, 0.15) is 0 Å². The Morgan fingerprint density at radius 3 is 2.54 bits per heavy atom. The summed E-state index contributed by atoms with van der Waals surface area (Å²) in [6, 6.07) is 2.06. The van der Waals surface area contributed by atoms with Crippen LogP contribution in [0.15, 0.2) is 0 Å². The van der Waals surface area contributed by atoms with Crippen molar-refractivity contribution in [2.75, 3.05) is 19.6 Å². The molecular weight excluding hydrogens is 170 g/mol. The van der Waals surface area contributed by atoms with Crippen molar-refractivity contribution < 1.29 is 9.59 Å². The molecule has 1 heterocycles. The van der Waals surface area contributed by atoms with E-state index in [2.05, 4.69) is 11.4 Å². The van der Waals surface area contributed by atoms with Gasteiger partial charge in [0.2, 0.25) is 11.8 Å². The summed E-state index contributed by atoms with van der Waals surface area (Å²) in [5, 5.41) is 10.7. The topological polar surface area (TPSA) is 73.2 Å². The zero-order valence-electron chi connectivity index (χ0n) is 7.41. The molecule has 0 aromatic heterocycles. The SMILES string of the molecule is CC(C#N)CN1CC(=O)NC(=O)C1. The van der Waals surface area contributed by atoms with Gasteiger partial charge in [-0.25, -0.2) is 0 Å². The van der Waals surface area contributed by atoms with Gasteiger partial charge in [-0.15, -0.1) is 0 Å². The van der Waals surface area contributed by atoms with Crippen LogP contribution in [0.1, 0.15) is 6.92 Å². The number of imide groups is 1. The van der Waals surface area contributed by atoms with Gasteiger partial charge in [-0.2, -0.15) is 5.26 Å². The second kappa shape index (κ2) is 4.01. The molecule has 1 atom stereocenters. The van der Waals surface area contributed by atoms with Gasteiger partial charge in [0.05, 0.1) is 25.1 Å². The molecule has 0 aliphatic carbocycles. The van der Waals surface area contributed by atoms with Crippen molar-refractivity contribution in [3.63, 3.8) is 0 Å². The standard InChI is InChI=1S/C8H11N3O2/c1-6(2-9)3-11-4-7(12)10-8(13)5-11/h6H,3-5H2,1H3,(H,10,12,13). The molecule has 1 aliphatic heterocycles. The number of carbonyl (C=O) groups is 2. The largest absolute Gasteiger partial charge is 0.294 e. The third-order valence-corrected chi connectivity index (χ3v) is 1.77. The van der Waals surface area contributed by atoms with Crippen LogP contribution in [0, 0.1) is 17.2 Å². The zero-order valence-corrected chi connectivity index (χ0v) is 7.41. The summed E-state index contributed by atoms with van der Waals surface area (Å²) in [5.41, 5.74) is 0. The van der Waals surface area contributed by atoms with Crippen LogP contribution in [0.2, 0.25) is 0 Å². The van der Waals surface area contributed by atoms with Crippen molar-refractivity contribution in [2.24, 2.45) is 5.92 Å². The maximum Gasteiger partial charge on any atom is 0.240 e. The lowest BCUT2D eigenvalue weighted by Gasteiger charge is -2.25. The molecule has 1 fully saturated rings. The van der Waals surface area contributed by atoms with Gasteiger partial charge < -0.3 is 0 Å². The predicted molar refractivity (Wildman–Crippen MR) is 44.4 cm³/mol. The van der Waals surface area contributed by atoms with Crippen molar-refractivity contribution >= 4 is 11.8 Å². The molecule has 5 nitrogen and oxygen atoms in total. The van der Waals surface area contributed by atoms with Gasteiger partial charge in [0.15, 0.2) is 0 Å². The van der Waals surface area contributed by atoms with E-state index in [4.69, 9.17) is 5.26 Å². The fourth-order valence-corrected chi connectivity index (χ4v) is 1.25. The molecule has 0 saturated carbocycles. The summed E-state index contributed by atoms with van der Waals surface area (Å²) in [5.74, 6) is -0.735. The number of hydrogen-bond acceptors (Lipinski definition) is 4. The summed E-state index contributed by atoms with van der Waals surface area (Å²) in [7, 11) is 0. The van der Waals surface area contributed by atoms with Crippen molar-refractivity contribution in [3.05, 3.63) is 0 Å². The number of nitriles is 1. The van der Waals surface area contributed by atoms with E-state index < -0.39 is 0 Å². The molecule has 1 aliphatic rings. The molecule has 0 aromatic rings. The van der Waals surface area contributed by atoms with Crippen LogP contribution < -0.4 is 5.32 Å². The fraction of sp³-hybridized carbons (Fsp3) is 0.625. The summed E-state index contributed by atoms with van der Waals surface area (Å²) in [6.07, 6.45) is 0. The fourth-order valence-electron chi connectivity index (χ4n) is 1.25. The van der Waals surface area contributed by atoms with E-state index in [1.165, 1.54) is 0 Å². The van der Waals surface area contributed by atoms with Gasteiger partial charge in [0.25, 0.3) is 0 Å². The Kier molecular flexibility index (Phi) is 2.98. The highest BCUT2D eigenvalue weighted by molar-refractivity contribution is 5.99. The Bertz CT molecular complexity index is 253. The highest BCUT2D eigenvalue weighted by Gasteiger charge is 2.23. The van der Waals surface area contributed by atoms with Crippen LogP contribution >= 0.6 is 0 Å². The van der Waals surface area contributed by atoms with E-state index in [-0.39, 0.29) is 30.8 Å². The average molecular weight is 181 g/mol. The Hall–Kier alpha value is -1.41. The molecule has 0 spiro atoms. The van der Waals surface area contributed by atoms with E-state index in [0.29, 0.717) is 6.54 Å². The lowest BCUT2D eigenvalue weighted by molar-refractivity contribution is -0.136. The lowest BCUT2D eigenvalue weighted by Crippen LogP contribution is -2.52. The van der Waals surface area contributed by atoms with Crippen molar-refractivity contribution in [1.82, 2.24) is 10.2 Å². The van der Waals surface area contributed by atoms with Gasteiger partial charge in [-0.1, -0.05) is 0 Å². The molecule has 1 rings (SSSR count). The average Bonchev–Trinajstić information content (AvgIpc) is 2.02. The Morgan fingerprint density at radius 1 is 1.54 bits per heavy atom. The first-order chi connectivity index (χ1) is 6.11. The number of nitrogens with zero attached hydrogens (tertiary/aromatic N) is 2. The lowest BCUT2D eigenvalue weighted by atomic mass is 10.2. The number of hydrogen-bond donors (Lipinski definition) is 1. The summed E-state index contributed by atoms with van der Waals surface area (Å²) < 4.78 is 0. The van der Waals surface area contributed by atoms with Crippen LogP contribution in [0.3, 0.4) is 0 Å². The van der Waals surface area contributed by atoms with Gasteiger partial charge in [-0.3, -0.25) is 19.8 Å². The summed E-state index contributed by atoms with van der Waals surface area (Å²) in [4.78, 5) is 23.5. The van der Waals surface area contributed by atoms with E-state index in [1.807, 2.05) is 0 Å². The Labute approximate surface area is 76.3 Å². The number of carbonyl (C=O) groups excluding carboxylic acids is 2. The predicted octanol–water partition coefficient (Wildman–Crippen LogP) is -0.896. The smallest absolute Gasteiger partial charge is 0.240 e. The number of amides is 2. The van der Waals surface area contributed by atoms with Gasteiger partial charge >= 0.3 is 0 Å². The minimum absolute atomic E-state index is 0.154. The number of rotatable bonds is 2. The van der Waals surface area contributed by atoms with Crippen molar-refractivity contribution in [2.45, 2.75) is 6.92 Å². The molecule has 70 valence electrons. The maximum absolute atomic E-state index is 10.9. The first kappa shape index (κ1) is 9.68. The maximum atomic E-state index is 10.9. The zero-order chi connectivity index (χ0) is 9.84. The third kappa shape index (κ3) is 2.84. The van der Waals surface area contributed by atoms with Gasteiger partial charge in [-0.05, 0) is 6.92 Å². The Balaban J connectivity index is 2.47. The van der Waals surface area contributed by atoms with Crippen LogP contribution in [0.25, 0.3) is 0 Å². The van der Waals surface area contributed by atoms with Crippen molar-refractivity contribution in [3.8, 4) is 6.07 Å². The minimum atomic E-state index is -0.290. The first-order valence-corrected chi connectivity index (χ1v) is 4.06. The highest BCUT2D eigenvalue weighted by Crippen LogP contribution is 2.00. The van der Waals surface area contributed by atoms with Crippen LogP contribution in [0.5, 0.6) is 0 Å². The molecule has 5 heteroatoms. The Morgan fingerprint density at radius 2 is 2.08 bits per heavy atom. The van der Waals surface area contributed by atoms with E-state index in [9.17, 15) is 9.59 Å². The molecule has 0 aromatic carbocycles. The van der Waals surface area contributed by atoms with Crippen molar-refractivity contribution in [1.29, 1.82) is 5.26 Å². The first-order valence-electron chi connectivity index (χ1n) is 4.06. The number of piperazine rings is 1. The number of nitrogens with one attached hydrogen (secondary N) is 1. The minimum Gasteiger partial charge on any atom is -0.294 e. The van der Waals surface area contributed by atoms with E-state index in [1.54, 1.807) is 11.8 Å².